The zero-order chi connectivity index (χ0) is 21.8. The fourth-order valence-corrected chi connectivity index (χ4v) is 5.31. The smallest absolute Gasteiger partial charge is 0.239 e. The summed E-state index contributed by atoms with van der Waals surface area (Å²) in [6.45, 7) is 5.26. The second-order valence-electron chi connectivity index (χ2n) is 9.28. The monoisotopic (exact) mass is 423 g/mol. The molecule has 1 saturated carbocycles. The maximum Gasteiger partial charge on any atom is 0.239 e. The summed E-state index contributed by atoms with van der Waals surface area (Å²) in [6, 6.07) is 8.02. The first kappa shape index (κ1) is 20.1. The van der Waals surface area contributed by atoms with E-state index < -0.39 is 5.54 Å². The van der Waals surface area contributed by atoms with Gasteiger partial charge in [-0.25, -0.2) is 4.98 Å². The van der Waals surface area contributed by atoms with Crippen molar-refractivity contribution in [1.29, 1.82) is 0 Å². The number of carbonyl (C=O) groups is 2. The number of anilines is 1. The van der Waals surface area contributed by atoms with E-state index >= 15 is 0 Å². The molecular weight excluding hydrogens is 394 g/mol. The Morgan fingerprint density at radius 2 is 2.10 bits per heavy atom. The molecule has 1 atom stereocenters. The first-order valence-corrected chi connectivity index (χ1v) is 11.1. The molecule has 1 saturated heterocycles. The van der Waals surface area contributed by atoms with Crippen molar-refractivity contribution >= 4 is 17.5 Å². The molecule has 1 aliphatic carbocycles. The fourth-order valence-electron chi connectivity index (χ4n) is 5.31. The molecule has 1 unspecified atom stereocenters. The van der Waals surface area contributed by atoms with Gasteiger partial charge in [0.05, 0.1) is 24.0 Å². The van der Waals surface area contributed by atoms with Crippen LogP contribution in [0.1, 0.15) is 38.8 Å². The third-order valence-electron chi connectivity index (χ3n) is 6.80. The number of carbonyl (C=O) groups excluding carboxylic acids is 2. The summed E-state index contributed by atoms with van der Waals surface area (Å²) in [7, 11) is 0. The molecule has 2 aromatic rings. The Morgan fingerprint density at radius 1 is 1.29 bits per heavy atom. The van der Waals surface area contributed by atoms with E-state index in [0.717, 1.165) is 23.6 Å². The van der Waals surface area contributed by atoms with Gasteiger partial charge in [0.2, 0.25) is 11.8 Å². The van der Waals surface area contributed by atoms with Crippen molar-refractivity contribution in [3.63, 3.8) is 0 Å². The van der Waals surface area contributed by atoms with E-state index in [1.807, 2.05) is 43.1 Å². The molecule has 5 rings (SSSR count). The van der Waals surface area contributed by atoms with Gasteiger partial charge in [-0.2, -0.15) is 0 Å². The van der Waals surface area contributed by atoms with Crippen molar-refractivity contribution in [3.05, 3.63) is 42.4 Å². The van der Waals surface area contributed by atoms with Crippen molar-refractivity contribution < 1.29 is 14.7 Å². The number of fused-ring (bicyclic) bond motifs is 4. The molecule has 164 valence electrons. The minimum absolute atomic E-state index is 0.0453. The highest BCUT2D eigenvalue weighted by molar-refractivity contribution is 5.85. The van der Waals surface area contributed by atoms with Crippen LogP contribution in [0.4, 0.5) is 5.69 Å². The van der Waals surface area contributed by atoms with Crippen molar-refractivity contribution in [2.24, 2.45) is 5.92 Å². The average molecular weight is 424 g/mol. The second kappa shape index (κ2) is 7.37. The van der Waals surface area contributed by atoms with Gasteiger partial charge < -0.3 is 24.8 Å². The zero-order valence-electron chi connectivity index (χ0n) is 18.0. The van der Waals surface area contributed by atoms with Gasteiger partial charge in [0, 0.05) is 37.4 Å². The SMILES string of the molecule is CC(C)NC(=O)CN1c2cccnc2-n2cccc2C12CCN(C(=O)C1CC(O)C1)C2. The zero-order valence-corrected chi connectivity index (χ0v) is 18.0. The number of likely N-dealkylation sites (tertiary alicyclic amines) is 1. The lowest BCUT2D eigenvalue weighted by Crippen LogP contribution is -2.56. The molecule has 2 amide bonds. The molecule has 0 aromatic carbocycles. The van der Waals surface area contributed by atoms with Crippen LogP contribution in [0, 0.1) is 5.92 Å². The normalized spacial score (nSPS) is 26.6. The quantitative estimate of drug-likeness (QED) is 0.776. The molecule has 0 bridgehead atoms. The Hall–Kier alpha value is -2.87. The van der Waals surface area contributed by atoms with Gasteiger partial charge in [0.15, 0.2) is 5.82 Å². The van der Waals surface area contributed by atoms with Gasteiger partial charge in [-0.15, -0.1) is 0 Å². The number of pyridine rings is 1. The van der Waals surface area contributed by atoms with Gasteiger partial charge in [-0.1, -0.05) is 0 Å². The molecule has 8 nitrogen and oxygen atoms in total. The number of amides is 2. The summed E-state index contributed by atoms with van der Waals surface area (Å²) in [5.74, 6) is 0.782. The van der Waals surface area contributed by atoms with E-state index in [2.05, 4.69) is 25.8 Å². The number of hydrogen-bond acceptors (Lipinski definition) is 5. The molecule has 2 aromatic heterocycles. The Labute approximate surface area is 181 Å². The molecule has 3 aliphatic rings. The van der Waals surface area contributed by atoms with E-state index in [1.165, 1.54) is 0 Å². The molecular formula is C23H29N5O3. The summed E-state index contributed by atoms with van der Waals surface area (Å²) in [5.41, 5.74) is 1.46. The van der Waals surface area contributed by atoms with Gasteiger partial charge in [0.1, 0.15) is 5.54 Å². The first-order valence-electron chi connectivity index (χ1n) is 11.1. The van der Waals surface area contributed by atoms with E-state index in [9.17, 15) is 14.7 Å². The largest absolute Gasteiger partial charge is 0.393 e. The fraction of sp³-hybridized carbons (Fsp3) is 0.522. The Morgan fingerprint density at radius 3 is 2.84 bits per heavy atom. The van der Waals surface area contributed by atoms with E-state index in [4.69, 9.17) is 0 Å². The number of rotatable bonds is 4. The van der Waals surface area contributed by atoms with Crippen molar-refractivity contribution in [2.75, 3.05) is 24.5 Å². The molecule has 2 aliphatic heterocycles. The highest BCUT2D eigenvalue weighted by Gasteiger charge is 2.52. The predicted octanol–water partition coefficient (Wildman–Crippen LogP) is 1.42. The second-order valence-corrected chi connectivity index (χ2v) is 9.28. The predicted molar refractivity (Wildman–Crippen MR) is 116 cm³/mol. The lowest BCUT2D eigenvalue weighted by atomic mass is 9.81. The van der Waals surface area contributed by atoms with Gasteiger partial charge in [-0.3, -0.25) is 9.59 Å². The maximum absolute atomic E-state index is 13.1. The highest BCUT2D eigenvalue weighted by Crippen LogP contribution is 2.47. The third-order valence-corrected chi connectivity index (χ3v) is 6.80. The van der Waals surface area contributed by atoms with E-state index in [-0.39, 0.29) is 36.4 Å². The number of nitrogens with zero attached hydrogens (tertiary/aromatic N) is 4. The Bertz CT molecular complexity index is 1010. The van der Waals surface area contributed by atoms with Crippen LogP contribution in [0.25, 0.3) is 5.82 Å². The van der Waals surface area contributed by atoms with E-state index in [0.29, 0.717) is 25.9 Å². The minimum Gasteiger partial charge on any atom is -0.393 e. The van der Waals surface area contributed by atoms with Crippen LogP contribution in [-0.4, -0.2) is 63.2 Å². The van der Waals surface area contributed by atoms with Crippen molar-refractivity contribution in [2.45, 2.75) is 50.8 Å². The van der Waals surface area contributed by atoms with Crippen LogP contribution in [0.15, 0.2) is 36.7 Å². The summed E-state index contributed by atoms with van der Waals surface area (Å²) >= 11 is 0. The van der Waals surface area contributed by atoms with Crippen molar-refractivity contribution in [1.82, 2.24) is 19.8 Å². The highest BCUT2D eigenvalue weighted by atomic mass is 16.3. The topological polar surface area (TPSA) is 90.7 Å². The minimum atomic E-state index is -0.494. The lowest BCUT2D eigenvalue weighted by molar-refractivity contribution is -0.141. The number of nitrogens with one attached hydrogen (secondary N) is 1. The number of hydrogen-bond donors (Lipinski definition) is 2. The molecule has 8 heteroatoms. The van der Waals surface area contributed by atoms with Crippen LogP contribution in [0.3, 0.4) is 0 Å². The molecule has 2 fully saturated rings. The summed E-state index contributed by atoms with van der Waals surface area (Å²) < 4.78 is 2.09. The van der Waals surface area contributed by atoms with Gasteiger partial charge >= 0.3 is 0 Å². The van der Waals surface area contributed by atoms with Crippen LogP contribution in [-0.2, 0) is 15.1 Å². The van der Waals surface area contributed by atoms with Gasteiger partial charge in [0.25, 0.3) is 0 Å². The van der Waals surface area contributed by atoms with Gasteiger partial charge in [-0.05, 0) is 57.4 Å². The standard InChI is InChI=1S/C23H29N5O3/c1-15(2)25-20(30)13-28-18-5-3-8-24-21(18)27-9-4-6-19(27)23(28)7-10-26(14-23)22(31)16-11-17(29)12-16/h3-6,8-9,15-17,29H,7,10-14H2,1-2H3,(H,25,30). The number of aliphatic hydroxyl groups excluding tert-OH is 1. The van der Waals surface area contributed by atoms with E-state index in [1.54, 1.807) is 6.20 Å². The van der Waals surface area contributed by atoms with Crippen LogP contribution in [0.2, 0.25) is 0 Å². The maximum atomic E-state index is 13.1. The molecule has 4 heterocycles. The van der Waals surface area contributed by atoms with Crippen molar-refractivity contribution in [3.8, 4) is 5.82 Å². The van der Waals surface area contributed by atoms with Crippen LogP contribution >= 0.6 is 0 Å². The first-order chi connectivity index (χ1) is 14.9. The number of aliphatic hydroxyl groups is 1. The summed E-state index contributed by atoms with van der Waals surface area (Å²) in [5, 5.41) is 12.6. The molecule has 0 radical (unpaired) electrons. The molecule has 2 N–H and O–H groups in total. The Balaban J connectivity index is 1.52. The Kier molecular flexibility index (Phi) is 4.77. The van der Waals surface area contributed by atoms with Crippen LogP contribution in [0.5, 0.6) is 0 Å². The van der Waals surface area contributed by atoms with Crippen LogP contribution < -0.4 is 10.2 Å². The average Bonchev–Trinajstić information content (AvgIpc) is 3.36. The molecule has 31 heavy (non-hydrogen) atoms. The summed E-state index contributed by atoms with van der Waals surface area (Å²) in [6.07, 6.45) is 5.24. The lowest BCUT2D eigenvalue weighted by Gasteiger charge is -2.47. The summed E-state index contributed by atoms with van der Waals surface area (Å²) in [4.78, 5) is 34.6. The number of aromatic nitrogens is 2. The third kappa shape index (κ3) is 3.20. The molecule has 1 spiro atoms.